The van der Waals surface area contributed by atoms with Crippen molar-refractivity contribution >= 4 is 23.1 Å². The Morgan fingerprint density at radius 1 is 0.826 bits per heavy atom. The zero-order valence-corrected chi connectivity index (χ0v) is 13.0. The molecule has 1 atom stereocenters. The Hall–Kier alpha value is -2.72. The topological polar surface area (TPSA) is 43.4 Å². The first-order valence-electron chi connectivity index (χ1n) is 7.14. The Kier molecular flexibility index (Phi) is 4.64. The van der Waals surface area contributed by atoms with E-state index in [1.54, 1.807) is 53.9 Å². The van der Waals surface area contributed by atoms with Crippen LogP contribution in [0.4, 0.5) is 0 Å². The van der Waals surface area contributed by atoms with Crippen LogP contribution in [0.3, 0.4) is 0 Å². The van der Waals surface area contributed by atoms with Gasteiger partial charge in [0.05, 0.1) is 0 Å². The smallest absolute Gasteiger partial charge is 0.349 e. The lowest BCUT2D eigenvalue weighted by Gasteiger charge is -2.17. The summed E-state index contributed by atoms with van der Waals surface area (Å²) >= 11 is 1.29. The van der Waals surface area contributed by atoms with E-state index in [2.05, 4.69) is 0 Å². The second kappa shape index (κ2) is 7.03. The normalized spacial score (nSPS) is 11.7. The van der Waals surface area contributed by atoms with Gasteiger partial charge in [-0.1, -0.05) is 66.7 Å². The Morgan fingerprint density at radius 3 is 2.09 bits per heavy atom. The number of Topliss-reactive ketones (excluding diaryl/α,β-unsaturated/α-hetero) is 1. The maximum absolute atomic E-state index is 12.8. The molecule has 3 aromatic rings. The molecule has 0 bridgehead atoms. The number of hydrogen-bond acceptors (Lipinski definition) is 4. The molecule has 114 valence electrons. The number of rotatable bonds is 5. The van der Waals surface area contributed by atoms with Crippen LogP contribution in [-0.2, 0) is 4.74 Å². The largest absolute Gasteiger partial charge is 0.445 e. The van der Waals surface area contributed by atoms with Crippen molar-refractivity contribution in [3.05, 3.63) is 94.2 Å². The monoisotopic (exact) mass is 322 g/mol. The van der Waals surface area contributed by atoms with Crippen molar-refractivity contribution in [3.63, 3.8) is 0 Å². The molecule has 2 aromatic carbocycles. The van der Waals surface area contributed by atoms with Crippen LogP contribution in [0.2, 0.25) is 0 Å². The zero-order chi connectivity index (χ0) is 16.1. The van der Waals surface area contributed by atoms with E-state index in [1.165, 1.54) is 11.3 Å². The van der Waals surface area contributed by atoms with Gasteiger partial charge in [0.1, 0.15) is 4.88 Å². The van der Waals surface area contributed by atoms with Crippen LogP contribution in [-0.4, -0.2) is 11.8 Å². The quantitative estimate of drug-likeness (QED) is 0.512. The highest BCUT2D eigenvalue weighted by Crippen LogP contribution is 2.24. The predicted molar refractivity (Wildman–Crippen MR) is 89.7 cm³/mol. The van der Waals surface area contributed by atoms with Gasteiger partial charge in [-0.15, -0.1) is 11.3 Å². The number of thiophene rings is 1. The van der Waals surface area contributed by atoms with Crippen LogP contribution in [0.1, 0.15) is 31.7 Å². The first-order chi connectivity index (χ1) is 11.3. The van der Waals surface area contributed by atoms with Crippen molar-refractivity contribution in [2.75, 3.05) is 0 Å². The molecule has 23 heavy (non-hydrogen) atoms. The molecule has 0 aliphatic rings. The molecule has 0 spiro atoms. The van der Waals surface area contributed by atoms with E-state index >= 15 is 0 Å². The molecule has 0 aliphatic heterocycles. The summed E-state index contributed by atoms with van der Waals surface area (Å²) < 4.78 is 5.52. The minimum Gasteiger partial charge on any atom is -0.445 e. The molecule has 1 heterocycles. The SMILES string of the molecule is O=C(O[C@@H](C(=O)c1ccccc1)c1ccccc1)c1cccs1. The van der Waals surface area contributed by atoms with Crippen LogP contribution in [0.25, 0.3) is 0 Å². The summed E-state index contributed by atoms with van der Waals surface area (Å²) in [6, 6.07) is 21.4. The summed E-state index contributed by atoms with van der Waals surface area (Å²) in [5.41, 5.74) is 1.17. The summed E-state index contributed by atoms with van der Waals surface area (Å²) in [5.74, 6) is -0.722. The lowest BCUT2D eigenvalue weighted by Crippen LogP contribution is -2.19. The minimum atomic E-state index is -0.951. The molecule has 3 nitrogen and oxygen atoms in total. The van der Waals surface area contributed by atoms with E-state index in [-0.39, 0.29) is 5.78 Å². The second-order valence-corrected chi connectivity index (χ2v) is 5.85. The van der Waals surface area contributed by atoms with Crippen LogP contribution in [0.5, 0.6) is 0 Å². The molecular weight excluding hydrogens is 308 g/mol. The molecule has 0 N–H and O–H groups in total. The van der Waals surface area contributed by atoms with E-state index in [0.717, 1.165) is 0 Å². The Bertz CT molecular complexity index is 780. The number of carbonyl (C=O) groups excluding carboxylic acids is 2. The molecule has 0 radical (unpaired) electrons. The molecule has 0 saturated heterocycles. The van der Waals surface area contributed by atoms with E-state index < -0.39 is 12.1 Å². The highest BCUT2D eigenvalue weighted by Gasteiger charge is 2.26. The van der Waals surface area contributed by atoms with Gasteiger partial charge < -0.3 is 4.74 Å². The summed E-state index contributed by atoms with van der Waals surface area (Å²) in [4.78, 5) is 25.5. The van der Waals surface area contributed by atoms with E-state index in [0.29, 0.717) is 16.0 Å². The molecule has 0 amide bonds. The fourth-order valence-corrected chi connectivity index (χ4v) is 2.82. The van der Waals surface area contributed by atoms with Gasteiger partial charge in [-0.05, 0) is 11.4 Å². The number of benzene rings is 2. The molecule has 0 saturated carbocycles. The molecule has 3 rings (SSSR count). The zero-order valence-electron chi connectivity index (χ0n) is 12.2. The lowest BCUT2D eigenvalue weighted by molar-refractivity contribution is 0.0285. The molecule has 4 heteroatoms. The number of ketones is 1. The van der Waals surface area contributed by atoms with Crippen molar-refractivity contribution in [1.29, 1.82) is 0 Å². The fraction of sp³-hybridized carbons (Fsp3) is 0.0526. The molecule has 0 unspecified atom stereocenters. The number of esters is 1. The summed E-state index contributed by atoms with van der Waals surface area (Å²) in [7, 11) is 0. The van der Waals surface area contributed by atoms with Gasteiger partial charge in [0, 0.05) is 11.1 Å². The van der Waals surface area contributed by atoms with Gasteiger partial charge in [0.25, 0.3) is 0 Å². The fourth-order valence-electron chi connectivity index (χ4n) is 2.21. The van der Waals surface area contributed by atoms with Crippen LogP contribution < -0.4 is 0 Å². The molecule has 0 fully saturated rings. The van der Waals surface area contributed by atoms with Crippen LogP contribution >= 0.6 is 11.3 Å². The summed E-state index contributed by atoms with van der Waals surface area (Å²) in [6.07, 6.45) is -0.951. The van der Waals surface area contributed by atoms with Gasteiger partial charge in [0.2, 0.25) is 5.78 Å². The maximum atomic E-state index is 12.8. The Balaban J connectivity index is 1.91. The average Bonchev–Trinajstić information content (AvgIpc) is 3.15. The van der Waals surface area contributed by atoms with Crippen molar-refractivity contribution in [2.24, 2.45) is 0 Å². The van der Waals surface area contributed by atoms with Crippen LogP contribution in [0, 0.1) is 0 Å². The third-order valence-electron chi connectivity index (χ3n) is 3.35. The molecule has 0 aliphatic carbocycles. The van der Waals surface area contributed by atoms with Gasteiger partial charge in [-0.2, -0.15) is 0 Å². The molecule has 1 aromatic heterocycles. The standard InChI is InChI=1S/C19H14O3S/c20-17(14-8-3-1-4-9-14)18(15-10-5-2-6-11-15)22-19(21)16-12-7-13-23-16/h1-13,18H/t18-/m1/s1. The minimum absolute atomic E-state index is 0.235. The van der Waals surface area contributed by atoms with E-state index in [1.807, 2.05) is 24.3 Å². The van der Waals surface area contributed by atoms with Crippen molar-refractivity contribution < 1.29 is 14.3 Å². The van der Waals surface area contributed by atoms with Crippen molar-refractivity contribution in [2.45, 2.75) is 6.10 Å². The predicted octanol–water partition coefficient (Wildman–Crippen LogP) is 4.53. The highest BCUT2D eigenvalue weighted by molar-refractivity contribution is 7.11. The molecular formula is C19H14O3S. The number of hydrogen-bond donors (Lipinski definition) is 0. The maximum Gasteiger partial charge on any atom is 0.349 e. The number of ether oxygens (including phenoxy) is 1. The van der Waals surface area contributed by atoms with Crippen molar-refractivity contribution in [3.8, 4) is 0 Å². The van der Waals surface area contributed by atoms with Gasteiger partial charge >= 0.3 is 5.97 Å². The average molecular weight is 322 g/mol. The second-order valence-electron chi connectivity index (χ2n) is 4.90. The third kappa shape index (κ3) is 3.55. The first-order valence-corrected chi connectivity index (χ1v) is 8.02. The van der Waals surface area contributed by atoms with Gasteiger partial charge in [-0.3, -0.25) is 4.79 Å². The van der Waals surface area contributed by atoms with E-state index in [4.69, 9.17) is 4.74 Å². The number of carbonyl (C=O) groups is 2. The van der Waals surface area contributed by atoms with Gasteiger partial charge in [-0.25, -0.2) is 4.79 Å². The van der Waals surface area contributed by atoms with Crippen LogP contribution in [0.15, 0.2) is 78.2 Å². The highest BCUT2D eigenvalue weighted by atomic mass is 32.1. The van der Waals surface area contributed by atoms with Crippen molar-refractivity contribution in [1.82, 2.24) is 0 Å². The van der Waals surface area contributed by atoms with Gasteiger partial charge in [0.15, 0.2) is 6.10 Å². The Morgan fingerprint density at radius 2 is 1.48 bits per heavy atom. The third-order valence-corrected chi connectivity index (χ3v) is 4.20. The summed E-state index contributed by atoms with van der Waals surface area (Å²) in [6.45, 7) is 0. The Labute approximate surface area is 138 Å². The van der Waals surface area contributed by atoms with E-state index in [9.17, 15) is 9.59 Å². The first kappa shape index (κ1) is 15.2. The lowest BCUT2D eigenvalue weighted by atomic mass is 10.00. The summed E-state index contributed by atoms with van der Waals surface area (Å²) in [5, 5.41) is 1.80.